The van der Waals surface area contributed by atoms with Gasteiger partial charge >= 0.3 is 0 Å². The van der Waals surface area contributed by atoms with Crippen LogP contribution >= 0.6 is 22.7 Å². The summed E-state index contributed by atoms with van der Waals surface area (Å²) in [5.41, 5.74) is 13.1. The zero-order valence-corrected chi connectivity index (χ0v) is 28.6. The van der Waals surface area contributed by atoms with Crippen LogP contribution in [0.4, 0.5) is 0 Å². The van der Waals surface area contributed by atoms with E-state index in [1.165, 1.54) is 68.5 Å². The van der Waals surface area contributed by atoms with Gasteiger partial charge in [-0.15, -0.1) is 22.7 Å². The molecule has 0 saturated carbocycles. The number of fused-ring (bicyclic) bond motifs is 12. The Morgan fingerprint density at radius 3 is 2.22 bits per heavy atom. The van der Waals surface area contributed by atoms with Gasteiger partial charge in [0.25, 0.3) is 0 Å². The van der Waals surface area contributed by atoms with E-state index in [1.54, 1.807) is 11.3 Å². The Morgan fingerprint density at radius 2 is 1.25 bits per heavy atom. The minimum Gasteiger partial charge on any atom is -0.308 e. The largest absolute Gasteiger partial charge is 0.308 e. The zero-order chi connectivity index (χ0) is 33.2. The molecule has 0 atom stereocenters. The second-order valence-corrected chi connectivity index (χ2v) is 15.1. The van der Waals surface area contributed by atoms with Gasteiger partial charge in [-0.1, -0.05) is 91.0 Å². The van der Waals surface area contributed by atoms with Gasteiger partial charge in [-0.2, -0.15) is 0 Å². The van der Waals surface area contributed by atoms with Crippen molar-refractivity contribution in [2.75, 3.05) is 0 Å². The maximum absolute atomic E-state index is 5.34. The van der Waals surface area contributed by atoms with Crippen LogP contribution in [0.25, 0.3) is 113 Å². The van der Waals surface area contributed by atoms with Gasteiger partial charge in [0.15, 0.2) is 5.82 Å². The van der Waals surface area contributed by atoms with E-state index in [9.17, 15) is 0 Å². The van der Waals surface area contributed by atoms with Gasteiger partial charge in [-0.25, -0.2) is 15.0 Å². The van der Waals surface area contributed by atoms with E-state index in [0.717, 1.165) is 44.6 Å². The molecule has 5 heterocycles. The summed E-state index contributed by atoms with van der Waals surface area (Å²) in [6.45, 7) is 0. The second kappa shape index (κ2) is 10.2. The zero-order valence-electron chi connectivity index (χ0n) is 27.0. The predicted octanol–water partition coefficient (Wildman–Crippen LogP) is 12.8. The highest BCUT2D eigenvalue weighted by Crippen LogP contribution is 2.45. The van der Waals surface area contributed by atoms with Gasteiger partial charge in [-0.05, 0) is 59.7 Å². The first-order valence-electron chi connectivity index (χ1n) is 17.0. The van der Waals surface area contributed by atoms with Crippen molar-refractivity contribution >= 4 is 102 Å². The minimum absolute atomic E-state index is 0.749. The Bertz CT molecular complexity index is 3390. The van der Waals surface area contributed by atoms with E-state index in [-0.39, 0.29) is 0 Å². The topological polar surface area (TPSA) is 43.1 Å². The SMILES string of the molecule is c1cc(-c2ccc3c(c2)c2cc4ncsc4c4c5ccccc5n3c24)cc(-c2nc(-c3cccc4c3sc3ccccc34)nc3ccccc23)c1. The van der Waals surface area contributed by atoms with Crippen LogP contribution in [0.3, 0.4) is 0 Å². The molecule has 12 aromatic rings. The van der Waals surface area contributed by atoms with E-state index < -0.39 is 0 Å². The molecule has 0 aliphatic carbocycles. The third kappa shape index (κ3) is 3.80. The highest BCUT2D eigenvalue weighted by Gasteiger charge is 2.21. The van der Waals surface area contributed by atoms with Crippen molar-refractivity contribution in [1.82, 2.24) is 19.4 Å². The van der Waals surface area contributed by atoms with Crippen LogP contribution in [0.15, 0.2) is 145 Å². The lowest BCUT2D eigenvalue weighted by molar-refractivity contribution is 1.24. The van der Waals surface area contributed by atoms with Crippen molar-refractivity contribution in [3.05, 3.63) is 145 Å². The van der Waals surface area contributed by atoms with Crippen LogP contribution in [0.5, 0.6) is 0 Å². The third-order valence-corrected chi connectivity index (χ3v) is 12.6. The molecular weight excluding hydrogens is 661 g/mol. The Morgan fingerprint density at radius 1 is 0.490 bits per heavy atom. The van der Waals surface area contributed by atoms with E-state index >= 15 is 0 Å². The average Bonchev–Trinajstić information content (AvgIpc) is 3.96. The molecule has 0 fully saturated rings. The van der Waals surface area contributed by atoms with Crippen LogP contribution in [-0.2, 0) is 0 Å². The maximum atomic E-state index is 5.34. The van der Waals surface area contributed by atoms with Crippen molar-refractivity contribution in [3.63, 3.8) is 0 Å². The van der Waals surface area contributed by atoms with Gasteiger partial charge in [-0.3, -0.25) is 0 Å². The number of aromatic nitrogens is 4. The van der Waals surface area contributed by atoms with Crippen LogP contribution in [0.2, 0.25) is 0 Å². The van der Waals surface area contributed by atoms with E-state index in [4.69, 9.17) is 15.0 Å². The van der Waals surface area contributed by atoms with Crippen molar-refractivity contribution in [2.45, 2.75) is 0 Å². The van der Waals surface area contributed by atoms with E-state index in [0.29, 0.717) is 0 Å². The number of thiazole rings is 1. The molecule has 0 unspecified atom stereocenters. The maximum Gasteiger partial charge on any atom is 0.161 e. The third-order valence-electron chi connectivity index (χ3n) is 10.5. The molecule has 0 amide bonds. The molecule has 12 rings (SSSR count). The molecule has 0 aliphatic heterocycles. The van der Waals surface area contributed by atoms with Crippen LogP contribution in [-0.4, -0.2) is 19.4 Å². The number of thiophene rings is 1. The van der Waals surface area contributed by atoms with E-state index in [2.05, 4.69) is 144 Å². The molecule has 0 saturated heterocycles. The summed E-state index contributed by atoms with van der Waals surface area (Å²) in [5, 5.41) is 8.64. The quantitative estimate of drug-likeness (QED) is 0.186. The lowest BCUT2D eigenvalue weighted by atomic mass is 9.98. The van der Waals surface area contributed by atoms with Crippen LogP contribution < -0.4 is 0 Å². The smallest absolute Gasteiger partial charge is 0.161 e. The normalized spacial score (nSPS) is 12.3. The lowest BCUT2D eigenvalue weighted by Gasteiger charge is -2.11. The van der Waals surface area contributed by atoms with Gasteiger partial charge in [0.2, 0.25) is 0 Å². The first kappa shape index (κ1) is 27.6. The van der Waals surface area contributed by atoms with E-state index in [1.807, 2.05) is 16.8 Å². The molecule has 51 heavy (non-hydrogen) atoms. The number of nitrogens with zero attached hydrogens (tertiary/aromatic N) is 4. The Kier molecular flexibility index (Phi) is 5.50. The first-order chi connectivity index (χ1) is 25.3. The highest BCUT2D eigenvalue weighted by atomic mass is 32.1. The Balaban J connectivity index is 1.06. The molecule has 0 aliphatic rings. The Hall–Kier alpha value is -6.21. The molecule has 0 bridgehead atoms. The number of benzene rings is 7. The summed E-state index contributed by atoms with van der Waals surface area (Å²) in [4.78, 5) is 15.2. The number of para-hydroxylation sites is 2. The monoisotopic (exact) mass is 684 g/mol. The lowest BCUT2D eigenvalue weighted by Crippen LogP contribution is -1.95. The van der Waals surface area contributed by atoms with Crippen molar-refractivity contribution < 1.29 is 0 Å². The molecular formula is C45H24N4S2. The Labute approximate surface area is 298 Å². The van der Waals surface area contributed by atoms with Crippen LogP contribution in [0, 0.1) is 0 Å². The molecule has 6 heteroatoms. The summed E-state index contributed by atoms with van der Waals surface area (Å²) in [6.07, 6.45) is 0. The minimum atomic E-state index is 0.749. The highest BCUT2D eigenvalue weighted by molar-refractivity contribution is 7.26. The fraction of sp³-hybridized carbons (Fsp3) is 0. The van der Waals surface area contributed by atoms with Gasteiger partial charge in [0.1, 0.15) is 0 Å². The summed E-state index contributed by atoms with van der Waals surface area (Å²) in [7, 11) is 0. The first-order valence-corrected chi connectivity index (χ1v) is 18.7. The second-order valence-electron chi connectivity index (χ2n) is 13.2. The molecule has 0 N–H and O–H groups in total. The van der Waals surface area contributed by atoms with Crippen molar-refractivity contribution in [2.24, 2.45) is 0 Å². The van der Waals surface area contributed by atoms with Gasteiger partial charge < -0.3 is 4.40 Å². The number of hydrogen-bond acceptors (Lipinski definition) is 5. The molecule has 4 nitrogen and oxygen atoms in total. The summed E-state index contributed by atoms with van der Waals surface area (Å²) in [5.74, 6) is 0.749. The molecule has 236 valence electrons. The fourth-order valence-electron chi connectivity index (χ4n) is 8.24. The fourth-order valence-corrected chi connectivity index (χ4v) is 10.3. The molecule has 0 radical (unpaired) electrons. The van der Waals surface area contributed by atoms with Gasteiger partial charge in [0, 0.05) is 58.2 Å². The molecule has 5 aromatic heterocycles. The molecule has 0 spiro atoms. The standard InChI is InChI=1S/C45H24N4S2/c1-4-16-35-30(12-1)41(48-45(47-35)32-15-8-14-29-28-11-3-6-18-39(28)51-43(29)32)27-10-7-9-25(21-27)26-19-20-38-33(22-26)34-23-36-44(50-24-46-36)40-31-13-2-5-17-37(31)49(38)42(34)40/h1-24H. The van der Waals surface area contributed by atoms with Crippen molar-refractivity contribution in [1.29, 1.82) is 0 Å². The summed E-state index contributed by atoms with van der Waals surface area (Å²) in [6, 6.07) is 50.2. The summed E-state index contributed by atoms with van der Waals surface area (Å²) < 4.78 is 6.19. The van der Waals surface area contributed by atoms with Gasteiger partial charge in [0.05, 0.1) is 43.5 Å². The van der Waals surface area contributed by atoms with Crippen LogP contribution in [0.1, 0.15) is 0 Å². The summed E-state index contributed by atoms with van der Waals surface area (Å²) >= 11 is 3.54. The predicted molar refractivity (Wildman–Crippen MR) is 217 cm³/mol. The number of rotatable bonds is 3. The molecule has 7 aromatic carbocycles. The average molecular weight is 685 g/mol. The number of hydrogen-bond donors (Lipinski definition) is 0. The van der Waals surface area contributed by atoms with Crippen molar-refractivity contribution in [3.8, 4) is 33.8 Å².